The number of nitrogens with zero attached hydrogens (tertiary/aromatic N) is 2. The molecule has 2 nitrogen and oxygen atoms in total. The van der Waals surface area contributed by atoms with E-state index in [1.807, 2.05) is 6.20 Å². The van der Waals surface area contributed by atoms with Crippen LogP contribution in [0.15, 0.2) is 30.5 Å². The Labute approximate surface area is 95.9 Å². The van der Waals surface area contributed by atoms with Crippen molar-refractivity contribution in [3.63, 3.8) is 0 Å². The molecule has 1 aromatic heterocycles. The van der Waals surface area contributed by atoms with Crippen LogP contribution < -0.4 is 0 Å². The summed E-state index contributed by atoms with van der Waals surface area (Å²) in [6.45, 7) is 4.47. The first kappa shape index (κ1) is 9.64. The lowest BCUT2D eigenvalue weighted by Gasteiger charge is -2.19. The van der Waals surface area contributed by atoms with E-state index in [-0.39, 0.29) is 0 Å². The molecule has 1 aromatic carbocycles. The molecule has 0 radical (unpaired) electrons. The zero-order valence-electron chi connectivity index (χ0n) is 9.77. The molecule has 0 N–H and O–H groups in total. The summed E-state index contributed by atoms with van der Waals surface area (Å²) in [5.41, 5.74) is 5.47. The fourth-order valence-electron chi connectivity index (χ4n) is 2.51. The molecular weight excluding hydrogens is 196 g/mol. The first-order valence-corrected chi connectivity index (χ1v) is 5.92. The fourth-order valence-corrected chi connectivity index (χ4v) is 2.51. The number of hydrogen-bond donors (Lipinski definition) is 0. The van der Waals surface area contributed by atoms with E-state index >= 15 is 0 Å². The van der Waals surface area contributed by atoms with E-state index in [0.717, 1.165) is 12.8 Å². The molecule has 1 aliphatic heterocycles. The van der Waals surface area contributed by atoms with Crippen LogP contribution in [0, 0.1) is 0 Å². The van der Waals surface area contributed by atoms with Crippen LogP contribution in [0.5, 0.6) is 0 Å². The van der Waals surface area contributed by atoms with E-state index in [9.17, 15) is 0 Å². The average Bonchev–Trinajstić information content (AvgIpc) is 2.73. The molecule has 0 atom stereocenters. The molecule has 16 heavy (non-hydrogen) atoms. The summed E-state index contributed by atoms with van der Waals surface area (Å²) in [5.74, 6) is 0.564. The Morgan fingerprint density at radius 1 is 1.19 bits per heavy atom. The molecule has 0 spiro atoms. The van der Waals surface area contributed by atoms with Gasteiger partial charge in [-0.05, 0) is 36.0 Å². The van der Waals surface area contributed by atoms with Gasteiger partial charge in [-0.25, -0.2) is 4.68 Å². The van der Waals surface area contributed by atoms with Crippen LogP contribution in [0.1, 0.15) is 36.6 Å². The Kier molecular flexibility index (Phi) is 2.10. The van der Waals surface area contributed by atoms with Gasteiger partial charge in [0.15, 0.2) is 0 Å². The number of aromatic nitrogens is 2. The molecular formula is C14H16N2. The minimum atomic E-state index is 0.564. The van der Waals surface area contributed by atoms with Crippen LogP contribution in [-0.2, 0) is 12.8 Å². The normalized spacial score (nSPS) is 13.7. The summed E-state index contributed by atoms with van der Waals surface area (Å²) in [5, 5.41) is 4.54. The van der Waals surface area contributed by atoms with E-state index in [4.69, 9.17) is 0 Å². The van der Waals surface area contributed by atoms with E-state index in [1.54, 1.807) is 0 Å². The maximum Gasteiger partial charge on any atom is 0.0680 e. The highest BCUT2D eigenvalue weighted by molar-refractivity contribution is 5.46. The smallest absolute Gasteiger partial charge is 0.0680 e. The molecule has 0 aliphatic carbocycles. The number of benzene rings is 1. The average molecular weight is 212 g/mol. The number of para-hydroxylation sites is 1. The largest absolute Gasteiger partial charge is 0.237 e. The molecule has 1 aliphatic rings. The lowest BCUT2D eigenvalue weighted by molar-refractivity contribution is 0.721. The van der Waals surface area contributed by atoms with E-state index < -0.39 is 0 Å². The van der Waals surface area contributed by atoms with E-state index in [0.29, 0.717) is 5.92 Å². The number of hydrogen-bond acceptors (Lipinski definition) is 1. The third-order valence-corrected chi connectivity index (χ3v) is 3.37. The van der Waals surface area contributed by atoms with Gasteiger partial charge in [0.05, 0.1) is 11.9 Å². The quantitative estimate of drug-likeness (QED) is 0.710. The number of fused-ring (bicyclic) bond motifs is 3. The van der Waals surface area contributed by atoms with Crippen LogP contribution in [0.25, 0.3) is 5.69 Å². The zero-order valence-corrected chi connectivity index (χ0v) is 9.77. The van der Waals surface area contributed by atoms with Crippen LogP contribution >= 0.6 is 0 Å². The Morgan fingerprint density at radius 2 is 2.00 bits per heavy atom. The molecule has 0 unspecified atom stereocenters. The van der Waals surface area contributed by atoms with Gasteiger partial charge in [-0.15, -0.1) is 0 Å². The van der Waals surface area contributed by atoms with Crippen molar-refractivity contribution in [2.45, 2.75) is 32.6 Å². The van der Waals surface area contributed by atoms with Crippen molar-refractivity contribution in [1.82, 2.24) is 9.78 Å². The van der Waals surface area contributed by atoms with Gasteiger partial charge in [-0.2, -0.15) is 5.10 Å². The Morgan fingerprint density at radius 3 is 2.81 bits per heavy atom. The SMILES string of the molecule is CC(C)c1cnn2c1CCc1ccccc1-2. The second kappa shape index (κ2) is 3.48. The standard InChI is InChI=1S/C14H16N2/c1-10(2)12-9-15-16-13-6-4-3-5-11(13)7-8-14(12)16/h3-6,9-10H,7-8H2,1-2H3. The van der Waals surface area contributed by atoms with Gasteiger partial charge >= 0.3 is 0 Å². The zero-order chi connectivity index (χ0) is 11.1. The molecule has 0 bridgehead atoms. The second-order valence-corrected chi connectivity index (χ2v) is 4.74. The summed E-state index contributed by atoms with van der Waals surface area (Å²) in [6, 6.07) is 8.56. The highest BCUT2D eigenvalue weighted by atomic mass is 15.3. The number of aryl methyl sites for hydroxylation is 1. The lowest BCUT2D eigenvalue weighted by Crippen LogP contribution is -2.13. The minimum Gasteiger partial charge on any atom is -0.237 e. The van der Waals surface area contributed by atoms with Crippen molar-refractivity contribution in [1.29, 1.82) is 0 Å². The van der Waals surface area contributed by atoms with E-state index in [2.05, 4.69) is 47.9 Å². The number of rotatable bonds is 1. The van der Waals surface area contributed by atoms with Crippen LogP contribution in [0.2, 0.25) is 0 Å². The maximum absolute atomic E-state index is 4.54. The van der Waals surface area contributed by atoms with Crippen molar-refractivity contribution in [2.24, 2.45) is 0 Å². The van der Waals surface area contributed by atoms with Gasteiger partial charge in [0, 0.05) is 5.69 Å². The molecule has 0 fully saturated rings. The van der Waals surface area contributed by atoms with Crippen molar-refractivity contribution < 1.29 is 0 Å². The van der Waals surface area contributed by atoms with Crippen LogP contribution in [0.4, 0.5) is 0 Å². The Bertz CT molecular complexity index is 523. The van der Waals surface area contributed by atoms with Crippen molar-refractivity contribution in [2.75, 3.05) is 0 Å². The minimum absolute atomic E-state index is 0.564. The second-order valence-electron chi connectivity index (χ2n) is 4.74. The maximum atomic E-state index is 4.54. The van der Waals surface area contributed by atoms with Crippen LogP contribution in [0.3, 0.4) is 0 Å². The van der Waals surface area contributed by atoms with Crippen molar-refractivity contribution in [3.8, 4) is 5.69 Å². The molecule has 0 amide bonds. The highest BCUT2D eigenvalue weighted by Crippen LogP contribution is 2.29. The van der Waals surface area contributed by atoms with Gasteiger partial charge in [0.2, 0.25) is 0 Å². The third kappa shape index (κ3) is 1.29. The van der Waals surface area contributed by atoms with Gasteiger partial charge < -0.3 is 0 Å². The predicted molar refractivity (Wildman–Crippen MR) is 65.1 cm³/mol. The molecule has 2 heteroatoms. The predicted octanol–water partition coefficient (Wildman–Crippen LogP) is 3.09. The van der Waals surface area contributed by atoms with Crippen molar-refractivity contribution in [3.05, 3.63) is 47.3 Å². The van der Waals surface area contributed by atoms with Gasteiger partial charge in [-0.3, -0.25) is 0 Å². The molecule has 0 saturated heterocycles. The summed E-state index contributed by atoms with van der Waals surface area (Å²) >= 11 is 0. The Hall–Kier alpha value is -1.57. The summed E-state index contributed by atoms with van der Waals surface area (Å²) in [6.07, 6.45) is 4.29. The fraction of sp³-hybridized carbons (Fsp3) is 0.357. The summed E-state index contributed by atoms with van der Waals surface area (Å²) in [7, 11) is 0. The first-order valence-electron chi connectivity index (χ1n) is 5.92. The van der Waals surface area contributed by atoms with Gasteiger partial charge in [-0.1, -0.05) is 32.0 Å². The molecule has 0 saturated carbocycles. The molecule has 2 heterocycles. The van der Waals surface area contributed by atoms with Gasteiger partial charge in [0.25, 0.3) is 0 Å². The summed E-state index contributed by atoms with van der Waals surface area (Å²) in [4.78, 5) is 0. The monoisotopic (exact) mass is 212 g/mol. The lowest BCUT2D eigenvalue weighted by atomic mass is 9.96. The topological polar surface area (TPSA) is 17.8 Å². The third-order valence-electron chi connectivity index (χ3n) is 3.37. The molecule has 2 aromatic rings. The molecule has 82 valence electrons. The summed E-state index contributed by atoms with van der Waals surface area (Å²) < 4.78 is 2.12. The van der Waals surface area contributed by atoms with Crippen molar-refractivity contribution >= 4 is 0 Å². The van der Waals surface area contributed by atoms with Crippen LogP contribution in [-0.4, -0.2) is 9.78 Å². The van der Waals surface area contributed by atoms with E-state index in [1.165, 1.54) is 22.5 Å². The molecule has 3 rings (SSSR count). The Balaban J connectivity index is 2.19. The van der Waals surface area contributed by atoms with Gasteiger partial charge in [0.1, 0.15) is 0 Å². The highest BCUT2D eigenvalue weighted by Gasteiger charge is 2.20. The first-order chi connectivity index (χ1) is 7.77.